The number of ether oxygens (including phenoxy) is 2. The van der Waals surface area contributed by atoms with Gasteiger partial charge in [0.2, 0.25) is 0 Å². The van der Waals surface area contributed by atoms with Gasteiger partial charge in [-0.2, -0.15) is 0 Å². The van der Waals surface area contributed by atoms with Gasteiger partial charge in [0.15, 0.2) is 17.3 Å². The maximum atomic E-state index is 14.3. The molecule has 0 aliphatic heterocycles. The fraction of sp³-hybridized carbons (Fsp3) is 0.500. The predicted molar refractivity (Wildman–Crippen MR) is 110 cm³/mol. The minimum atomic E-state index is -0.751. The number of oxime groups is 1. The van der Waals surface area contributed by atoms with Crippen LogP contribution in [0.15, 0.2) is 21.8 Å². The van der Waals surface area contributed by atoms with Gasteiger partial charge in [-0.15, -0.1) is 0 Å². The summed E-state index contributed by atoms with van der Waals surface area (Å²) >= 11 is 23.1. The Labute approximate surface area is 179 Å². The molecule has 9 heteroatoms. The summed E-state index contributed by atoms with van der Waals surface area (Å²) in [6, 6.07) is 1.31. The Hall–Kier alpha value is -0.880. The first-order chi connectivity index (χ1) is 12.8. The zero-order valence-electron chi connectivity index (χ0n) is 15.2. The number of benzene rings is 1. The summed E-state index contributed by atoms with van der Waals surface area (Å²) in [6.45, 7) is 4.69. The Kier molecular flexibility index (Phi) is 11.9. The average Bonchev–Trinajstić information content (AvgIpc) is 2.59. The van der Waals surface area contributed by atoms with Crippen LogP contribution < -0.4 is 9.47 Å². The number of halogens is 5. The molecule has 1 aromatic carbocycles. The molecule has 0 bridgehead atoms. The molecule has 0 aromatic heterocycles. The van der Waals surface area contributed by atoms with E-state index in [1.54, 1.807) is 0 Å². The van der Waals surface area contributed by atoms with Crippen LogP contribution in [0.3, 0.4) is 0 Å². The minimum Gasteiger partial charge on any atom is -0.490 e. The molecule has 0 radical (unpaired) electrons. The van der Waals surface area contributed by atoms with E-state index in [9.17, 15) is 4.39 Å². The van der Waals surface area contributed by atoms with Crippen molar-refractivity contribution in [1.82, 2.24) is 0 Å². The quantitative estimate of drug-likeness (QED) is 0.143. The van der Waals surface area contributed by atoms with E-state index >= 15 is 0 Å². The molecule has 0 amide bonds. The van der Waals surface area contributed by atoms with Gasteiger partial charge in [0.05, 0.1) is 17.3 Å². The third-order valence-electron chi connectivity index (χ3n) is 3.18. The molecule has 0 N–H and O–H groups in total. The fourth-order valence-electron chi connectivity index (χ4n) is 1.96. The molecule has 1 aromatic rings. The highest BCUT2D eigenvalue weighted by Crippen LogP contribution is 2.40. The number of hydrogen-bond donors (Lipinski definition) is 0. The monoisotopic (exact) mass is 459 g/mol. The van der Waals surface area contributed by atoms with E-state index < -0.39 is 5.82 Å². The topological polar surface area (TPSA) is 40.0 Å². The van der Waals surface area contributed by atoms with Crippen LogP contribution >= 0.6 is 46.4 Å². The second-order valence-electron chi connectivity index (χ2n) is 5.75. The van der Waals surface area contributed by atoms with Crippen LogP contribution in [0.4, 0.5) is 4.39 Å². The normalized spacial score (nSPS) is 10.3. The first-order valence-electron chi connectivity index (χ1n) is 8.40. The highest BCUT2D eigenvalue weighted by atomic mass is 35.5. The van der Waals surface area contributed by atoms with Crippen LogP contribution in [0.2, 0.25) is 10.0 Å². The molecule has 1 rings (SSSR count). The standard InChI is InChI=1S/C18H22Cl4FNO3/c1-12(2)24-27-9-6-4-3-5-8-26-18-13(19)11-14(17(23)16(18)22)25-10-7-15(20)21/h7,11H,3-6,8-10H2,1-2H3. The van der Waals surface area contributed by atoms with E-state index in [2.05, 4.69) is 5.16 Å². The van der Waals surface area contributed by atoms with E-state index in [1.807, 2.05) is 13.8 Å². The lowest BCUT2D eigenvalue weighted by molar-refractivity contribution is 0.139. The molecule has 0 fully saturated rings. The summed E-state index contributed by atoms with van der Waals surface area (Å²) < 4.78 is 25.0. The third-order valence-corrected chi connectivity index (χ3v) is 4.11. The van der Waals surface area contributed by atoms with Gasteiger partial charge in [0.1, 0.15) is 22.7 Å². The predicted octanol–water partition coefficient (Wildman–Crippen LogP) is 7.18. The third kappa shape index (κ3) is 9.74. The molecule has 0 saturated heterocycles. The van der Waals surface area contributed by atoms with Gasteiger partial charge in [0, 0.05) is 6.07 Å². The Bertz CT molecular complexity index is 660. The Morgan fingerprint density at radius 2 is 1.74 bits per heavy atom. The Morgan fingerprint density at radius 3 is 2.37 bits per heavy atom. The maximum absolute atomic E-state index is 14.3. The molecule has 0 unspecified atom stereocenters. The van der Waals surface area contributed by atoms with Crippen molar-refractivity contribution in [3.63, 3.8) is 0 Å². The maximum Gasteiger partial charge on any atom is 0.187 e. The van der Waals surface area contributed by atoms with E-state index in [-0.39, 0.29) is 32.6 Å². The van der Waals surface area contributed by atoms with Gasteiger partial charge in [-0.3, -0.25) is 0 Å². The van der Waals surface area contributed by atoms with Crippen molar-refractivity contribution < 1.29 is 18.7 Å². The SMILES string of the molecule is CC(C)=NOCCCCCCOc1c(Cl)cc(OCC=C(Cl)Cl)c(F)c1Cl. The molecule has 0 saturated carbocycles. The lowest BCUT2D eigenvalue weighted by Crippen LogP contribution is -2.02. The van der Waals surface area contributed by atoms with Gasteiger partial charge in [-0.05, 0) is 45.6 Å². The van der Waals surface area contributed by atoms with Crippen molar-refractivity contribution >= 4 is 52.1 Å². The van der Waals surface area contributed by atoms with Crippen LogP contribution in [0.5, 0.6) is 11.5 Å². The summed E-state index contributed by atoms with van der Waals surface area (Å²) in [5.41, 5.74) is 0.889. The van der Waals surface area contributed by atoms with E-state index in [0.29, 0.717) is 13.2 Å². The summed E-state index contributed by atoms with van der Waals surface area (Å²) in [5, 5.41) is 3.80. The van der Waals surface area contributed by atoms with Crippen LogP contribution in [0, 0.1) is 5.82 Å². The van der Waals surface area contributed by atoms with Crippen LogP contribution in [0.25, 0.3) is 0 Å². The molecule has 152 valence electrons. The first-order valence-corrected chi connectivity index (χ1v) is 9.91. The molecule has 0 heterocycles. The molecule has 27 heavy (non-hydrogen) atoms. The molecule has 4 nitrogen and oxygen atoms in total. The Balaban J connectivity index is 2.41. The van der Waals surface area contributed by atoms with Crippen molar-refractivity contribution in [2.24, 2.45) is 5.16 Å². The summed E-state index contributed by atoms with van der Waals surface area (Å²) in [6.07, 6.45) is 4.96. The van der Waals surface area contributed by atoms with E-state index in [0.717, 1.165) is 31.4 Å². The van der Waals surface area contributed by atoms with E-state index in [4.69, 9.17) is 60.7 Å². The van der Waals surface area contributed by atoms with Crippen molar-refractivity contribution in [2.45, 2.75) is 39.5 Å². The molecule has 0 spiro atoms. The second kappa shape index (κ2) is 13.3. The molecule has 0 atom stereocenters. The van der Waals surface area contributed by atoms with E-state index in [1.165, 1.54) is 12.1 Å². The lowest BCUT2D eigenvalue weighted by Gasteiger charge is -2.13. The highest BCUT2D eigenvalue weighted by molar-refractivity contribution is 6.55. The number of hydrogen-bond acceptors (Lipinski definition) is 4. The molecule has 0 aliphatic carbocycles. The van der Waals surface area contributed by atoms with Gasteiger partial charge in [0.25, 0.3) is 0 Å². The molecule has 0 aliphatic rings. The van der Waals surface area contributed by atoms with Crippen LogP contribution in [-0.2, 0) is 4.84 Å². The summed E-state index contributed by atoms with van der Waals surface area (Å²) in [4.78, 5) is 5.12. The van der Waals surface area contributed by atoms with Crippen molar-refractivity contribution in [3.05, 3.63) is 32.5 Å². The minimum absolute atomic E-state index is 0.0149. The van der Waals surface area contributed by atoms with Crippen molar-refractivity contribution in [1.29, 1.82) is 0 Å². The average molecular weight is 461 g/mol. The zero-order valence-corrected chi connectivity index (χ0v) is 18.2. The highest BCUT2D eigenvalue weighted by Gasteiger charge is 2.18. The largest absolute Gasteiger partial charge is 0.490 e. The lowest BCUT2D eigenvalue weighted by atomic mass is 10.2. The fourth-order valence-corrected chi connectivity index (χ4v) is 2.63. The van der Waals surface area contributed by atoms with Gasteiger partial charge in [-0.25, -0.2) is 4.39 Å². The first kappa shape index (κ1) is 24.2. The van der Waals surface area contributed by atoms with Crippen LogP contribution in [0.1, 0.15) is 39.5 Å². The number of nitrogens with zero attached hydrogens (tertiary/aromatic N) is 1. The Morgan fingerprint density at radius 1 is 1.07 bits per heavy atom. The number of unbranched alkanes of at least 4 members (excludes halogenated alkanes) is 3. The molecular weight excluding hydrogens is 439 g/mol. The van der Waals surface area contributed by atoms with Crippen LogP contribution in [-0.4, -0.2) is 25.5 Å². The molecular formula is C18H22Cl4FNO3. The van der Waals surface area contributed by atoms with Gasteiger partial charge < -0.3 is 14.3 Å². The van der Waals surface area contributed by atoms with Gasteiger partial charge >= 0.3 is 0 Å². The van der Waals surface area contributed by atoms with Gasteiger partial charge in [-0.1, -0.05) is 51.6 Å². The number of rotatable bonds is 12. The van der Waals surface area contributed by atoms with Crippen molar-refractivity contribution in [3.8, 4) is 11.5 Å². The smallest absolute Gasteiger partial charge is 0.187 e. The van der Waals surface area contributed by atoms with Crippen molar-refractivity contribution in [2.75, 3.05) is 19.8 Å². The summed E-state index contributed by atoms with van der Waals surface area (Å²) in [5.74, 6) is -0.752. The summed E-state index contributed by atoms with van der Waals surface area (Å²) in [7, 11) is 0. The second-order valence-corrected chi connectivity index (χ2v) is 7.55. The zero-order chi connectivity index (χ0) is 20.2.